The first-order valence-corrected chi connectivity index (χ1v) is 19.3. The van der Waals surface area contributed by atoms with Gasteiger partial charge in [0.25, 0.3) is 0 Å². The summed E-state index contributed by atoms with van der Waals surface area (Å²) in [4.78, 5) is 14.9. The number of furan rings is 2. The standard InChI is InChI=1S/C51H32N4O2/c1-3-13-31(14-4-1)49-52-50(32-15-5-2-6-16-32)54-51(53-49)34-25-27-38-39-20-11-19-35(47(39)57-46(38)30-34)33-26-28-45-41(29-33)40-21-12-24-44(48(40)56-45)55-42-22-9-7-17-36(42)37-18-8-10-23-43(37)55/h1,3-5,7-30H,2,6H2. The van der Waals surface area contributed by atoms with Gasteiger partial charge in [-0.25, -0.2) is 15.0 Å². The molecule has 0 amide bonds. The molecule has 57 heavy (non-hydrogen) atoms. The first-order chi connectivity index (χ1) is 28.2. The van der Waals surface area contributed by atoms with E-state index in [4.69, 9.17) is 23.8 Å². The quantitative estimate of drug-likeness (QED) is 0.176. The topological polar surface area (TPSA) is 69.9 Å². The fraction of sp³-hybridized carbons (Fsp3) is 0.0392. The van der Waals surface area contributed by atoms with E-state index in [1.54, 1.807) is 0 Å². The Balaban J connectivity index is 0.985. The fourth-order valence-corrected chi connectivity index (χ4v) is 8.60. The van der Waals surface area contributed by atoms with Crippen LogP contribution in [-0.4, -0.2) is 19.5 Å². The molecule has 11 aromatic rings. The molecule has 0 N–H and O–H groups in total. The van der Waals surface area contributed by atoms with Gasteiger partial charge in [0.2, 0.25) is 0 Å². The number of para-hydroxylation sites is 4. The molecular formula is C51H32N4O2. The summed E-state index contributed by atoms with van der Waals surface area (Å²) >= 11 is 0. The van der Waals surface area contributed by atoms with Gasteiger partial charge in [0.1, 0.15) is 16.7 Å². The van der Waals surface area contributed by atoms with Gasteiger partial charge in [-0.3, -0.25) is 0 Å². The van der Waals surface area contributed by atoms with Crippen molar-refractivity contribution in [1.29, 1.82) is 0 Å². The van der Waals surface area contributed by atoms with Gasteiger partial charge in [0.15, 0.2) is 23.1 Å². The highest BCUT2D eigenvalue weighted by Crippen LogP contribution is 2.42. The maximum Gasteiger partial charge on any atom is 0.164 e. The molecule has 268 valence electrons. The summed E-state index contributed by atoms with van der Waals surface area (Å²) < 4.78 is 15.8. The molecular weight excluding hydrogens is 701 g/mol. The van der Waals surface area contributed by atoms with E-state index in [0.717, 1.165) is 101 Å². The number of aromatic nitrogens is 4. The largest absolute Gasteiger partial charge is 0.455 e. The summed E-state index contributed by atoms with van der Waals surface area (Å²) in [6.45, 7) is 0. The number of fused-ring (bicyclic) bond motifs is 9. The van der Waals surface area contributed by atoms with Gasteiger partial charge < -0.3 is 13.4 Å². The molecule has 0 atom stereocenters. The first kappa shape index (κ1) is 31.7. The lowest BCUT2D eigenvalue weighted by Crippen LogP contribution is -2.03. The minimum absolute atomic E-state index is 0.610. The van der Waals surface area contributed by atoms with E-state index in [-0.39, 0.29) is 0 Å². The third-order valence-electron chi connectivity index (χ3n) is 11.3. The van der Waals surface area contributed by atoms with Crippen molar-refractivity contribution in [3.05, 3.63) is 176 Å². The van der Waals surface area contributed by atoms with Crippen LogP contribution in [-0.2, 0) is 0 Å². The molecule has 1 aliphatic rings. The summed E-state index contributed by atoms with van der Waals surface area (Å²) in [5, 5.41) is 6.66. The van der Waals surface area contributed by atoms with Gasteiger partial charge in [-0.2, -0.15) is 0 Å². The Bertz CT molecular complexity index is 3420. The summed E-state index contributed by atoms with van der Waals surface area (Å²) in [6, 6.07) is 52.7. The van der Waals surface area contributed by atoms with Crippen LogP contribution in [0.5, 0.6) is 0 Å². The van der Waals surface area contributed by atoms with E-state index >= 15 is 0 Å². The maximum atomic E-state index is 6.77. The number of rotatable bonds is 5. The van der Waals surface area contributed by atoms with Crippen LogP contribution in [0.2, 0.25) is 0 Å². The Hall–Kier alpha value is -7.57. The SMILES string of the molecule is C1=CC(c2nc(-c3ccccc3)nc(-c3ccc4c(c3)oc3c(-c5ccc6oc7c(-n8c9ccccc9c9ccccc98)cccc7c6c5)cccc34)n2)=CCC1. The van der Waals surface area contributed by atoms with E-state index in [9.17, 15) is 0 Å². The summed E-state index contributed by atoms with van der Waals surface area (Å²) in [7, 11) is 0. The van der Waals surface area contributed by atoms with Gasteiger partial charge in [-0.05, 0) is 60.9 Å². The second kappa shape index (κ2) is 12.5. The third kappa shape index (κ3) is 5.00. The van der Waals surface area contributed by atoms with Gasteiger partial charge in [-0.1, -0.05) is 127 Å². The lowest BCUT2D eigenvalue weighted by atomic mass is 10.00. The highest BCUT2D eigenvalue weighted by Gasteiger charge is 2.20. The molecule has 7 aromatic carbocycles. The maximum absolute atomic E-state index is 6.77. The molecule has 0 unspecified atom stereocenters. The molecule has 0 fully saturated rings. The fourth-order valence-electron chi connectivity index (χ4n) is 8.60. The van der Waals surface area contributed by atoms with Gasteiger partial charge in [0, 0.05) is 54.6 Å². The molecule has 12 rings (SSSR count). The summed E-state index contributed by atoms with van der Waals surface area (Å²) in [5.74, 6) is 1.93. The normalized spacial score (nSPS) is 13.2. The van der Waals surface area contributed by atoms with Crippen LogP contribution in [0.3, 0.4) is 0 Å². The molecule has 6 nitrogen and oxygen atoms in total. The number of nitrogens with zero attached hydrogens (tertiary/aromatic N) is 4. The van der Waals surface area contributed by atoms with E-state index in [1.807, 2.05) is 30.3 Å². The molecule has 0 bridgehead atoms. The van der Waals surface area contributed by atoms with Crippen LogP contribution in [0, 0.1) is 0 Å². The summed E-state index contributed by atoms with van der Waals surface area (Å²) in [6.07, 6.45) is 8.47. The van der Waals surface area contributed by atoms with Crippen LogP contribution in [0.4, 0.5) is 0 Å². The molecule has 6 heteroatoms. The Labute approximate surface area is 326 Å². The molecule has 0 radical (unpaired) electrons. The van der Waals surface area contributed by atoms with Crippen molar-refractivity contribution in [3.63, 3.8) is 0 Å². The highest BCUT2D eigenvalue weighted by atomic mass is 16.3. The molecule has 0 spiro atoms. The summed E-state index contributed by atoms with van der Waals surface area (Å²) in [5.41, 5.74) is 11.5. The van der Waals surface area contributed by atoms with Gasteiger partial charge in [0.05, 0.1) is 16.7 Å². The zero-order chi connectivity index (χ0) is 37.5. The van der Waals surface area contributed by atoms with Gasteiger partial charge >= 0.3 is 0 Å². The average Bonchev–Trinajstić information content (AvgIpc) is 3.96. The second-order valence-electron chi connectivity index (χ2n) is 14.6. The Kier molecular flexibility index (Phi) is 6.95. The van der Waals surface area contributed by atoms with E-state index in [1.165, 1.54) is 10.8 Å². The Morgan fingerprint density at radius 2 is 1.11 bits per heavy atom. The minimum atomic E-state index is 0.610. The lowest BCUT2D eigenvalue weighted by molar-refractivity contribution is 0.666. The molecule has 0 saturated heterocycles. The Morgan fingerprint density at radius 1 is 0.439 bits per heavy atom. The van der Waals surface area contributed by atoms with Crippen molar-refractivity contribution in [3.8, 4) is 39.6 Å². The van der Waals surface area contributed by atoms with Crippen LogP contribution >= 0.6 is 0 Å². The van der Waals surface area contributed by atoms with Crippen molar-refractivity contribution >= 4 is 71.3 Å². The molecule has 0 saturated carbocycles. The van der Waals surface area contributed by atoms with Crippen molar-refractivity contribution in [1.82, 2.24) is 19.5 Å². The second-order valence-corrected chi connectivity index (χ2v) is 14.6. The molecule has 0 aliphatic heterocycles. The zero-order valence-corrected chi connectivity index (χ0v) is 30.7. The van der Waals surface area contributed by atoms with Crippen molar-refractivity contribution in [2.45, 2.75) is 12.8 Å². The monoisotopic (exact) mass is 732 g/mol. The van der Waals surface area contributed by atoms with E-state index in [2.05, 4.69) is 144 Å². The van der Waals surface area contributed by atoms with Crippen LogP contribution < -0.4 is 0 Å². The predicted octanol–water partition coefficient (Wildman–Crippen LogP) is 13.5. The molecule has 1 aliphatic carbocycles. The number of benzene rings is 7. The smallest absolute Gasteiger partial charge is 0.164 e. The van der Waals surface area contributed by atoms with E-state index < -0.39 is 0 Å². The number of hydrogen-bond acceptors (Lipinski definition) is 5. The molecule has 4 heterocycles. The third-order valence-corrected chi connectivity index (χ3v) is 11.3. The van der Waals surface area contributed by atoms with Crippen LogP contribution in [0.15, 0.2) is 179 Å². The van der Waals surface area contributed by atoms with Gasteiger partial charge in [-0.15, -0.1) is 0 Å². The lowest BCUT2D eigenvalue weighted by Gasteiger charge is -2.10. The molecule has 4 aromatic heterocycles. The first-order valence-electron chi connectivity index (χ1n) is 19.3. The predicted molar refractivity (Wildman–Crippen MR) is 231 cm³/mol. The number of hydrogen-bond donors (Lipinski definition) is 0. The van der Waals surface area contributed by atoms with E-state index in [0.29, 0.717) is 17.5 Å². The van der Waals surface area contributed by atoms with Crippen LogP contribution in [0.25, 0.3) is 111 Å². The van der Waals surface area contributed by atoms with Crippen molar-refractivity contribution in [2.24, 2.45) is 0 Å². The average molecular weight is 733 g/mol. The van der Waals surface area contributed by atoms with Crippen molar-refractivity contribution < 1.29 is 8.83 Å². The minimum Gasteiger partial charge on any atom is -0.455 e. The highest BCUT2D eigenvalue weighted by molar-refractivity contribution is 6.14. The van der Waals surface area contributed by atoms with Crippen molar-refractivity contribution in [2.75, 3.05) is 0 Å². The number of allylic oxidation sites excluding steroid dienone is 4. The van der Waals surface area contributed by atoms with Crippen LogP contribution in [0.1, 0.15) is 18.7 Å². The Morgan fingerprint density at radius 3 is 1.89 bits per heavy atom. The zero-order valence-electron chi connectivity index (χ0n) is 30.7.